The standard InChI is InChI=1S/C17H20N6O5S3/c1-4-9(24)23(16-18-7(2)21-28-16)10-13(25)22-5-17(15(26)27,6-30-14(10)22)11(29)12-20-19-8(3)31-12/h10-11,14,29H,4-6H2,1-3H3,(H,26,27)/t10?,11?,14-,17?/m1/s1. The molecule has 0 radical (unpaired) electrons. The molecular weight excluding hydrogens is 464 g/mol. The number of anilines is 1. The molecular formula is C17H20N6O5S3. The van der Waals surface area contributed by atoms with Crippen molar-refractivity contribution in [3.05, 3.63) is 15.8 Å². The highest BCUT2D eigenvalue weighted by Crippen LogP contribution is 2.51. The van der Waals surface area contributed by atoms with E-state index in [1.54, 1.807) is 20.8 Å². The Kier molecular flexibility index (Phi) is 5.72. The average molecular weight is 485 g/mol. The molecule has 14 heteroatoms. The zero-order chi connectivity index (χ0) is 22.5. The highest BCUT2D eigenvalue weighted by Gasteiger charge is 2.62. The van der Waals surface area contributed by atoms with Crippen LogP contribution >= 0.6 is 35.7 Å². The second-order valence-corrected chi connectivity index (χ2v) is 10.2. The lowest BCUT2D eigenvalue weighted by Gasteiger charge is -2.56. The van der Waals surface area contributed by atoms with E-state index in [0.29, 0.717) is 15.8 Å². The molecule has 31 heavy (non-hydrogen) atoms. The molecule has 2 aliphatic heterocycles. The normalized spacial score (nSPS) is 26.2. The Labute approximate surface area is 191 Å². The lowest BCUT2D eigenvalue weighted by molar-refractivity contribution is -0.157. The monoisotopic (exact) mass is 484 g/mol. The third kappa shape index (κ3) is 3.49. The summed E-state index contributed by atoms with van der Waals surface area (Å²) in [7, 11) is 0. The number of thioether (sulfide) groups is 1. The van der Waals surface area contributed by atoms with Crippen LogP contribution in [0.3, 0.4) is 0 Å². The van der Waals surface area contributed by atoms with Crippen LogP contribution in [0.4, 0.5) is 6.01 Å². The van der Waals surface area contributed by atoms with Crippen molar-refractivity contribution in [2.24, 2.45) is 5.41 Å². The molecule has 4 atom stereocenters. The Balaban J connectivity index is 1.61. The second-order valence-electron chi connectivity index (χ2n) is 7.38. The maximum atomic E-state index is 13.1. The summed E-state index contributed by atoms with van der Waals surface area (Å²) in [5.74, 6) is -1.21. The first-order valence-corrected chi connectivity index (χ1v) is 11.8. The molecule has 166 valence electrons. The number of amides is 2. The minimum absolute atomic E-state index is 0.0329. The third-order valence-electron chi connectivity index (χ3n) is 5.37. The van der Waals surface area contributed by atoms with Gasteiger partial charge >= 0.3 is 12.0 Å². The SMILES string of the molecule is CCC(=O)N(c1nc(C)no1)C1C(=O)N2CC(C(=O)O)(C(S)c3nnc(C)s3)CS[C@H]12. The predicted octanol–water partition coefficient (Wildman–Crippen LogP) is 1.31. The van der Waals surface area contributed by atoms with Crippen molar-refractivity contribution < 1.29 is 24.0 Å². The van der Waals surface area contributed by atoms with Crippen molar-refractivity contribution in [3.63, 3.8) is 0 Å². The zero-order valence-corrected chi connectivity index (χ0v) is 19.4. The topological polar surface area (TPSA) is 143 Å². The Morgan fingerprint density at radius 2 is 2.16 bits per heavy atom. The largest absolute Gasteiger partial charge is 0.481 e. The smallest absolute Gasteiger partial charge is 0.331 e. The fourth-order valence-corrected chi connectivity index (χ4v) is 6.73. The molecule has 2 aromatic rings. The van der Waals surface area contributed by atoms with E-state index in [4.69, 9.17) is 4.52 Å². The number of fused-ring (bicyclic) bond motifs is 1. The Hall–Kier alpha value is -2.19. The molecule has 2 fully saturated rings. The van der Waals surface area contributed by atoms with Gasteiger partial charge in [0.25, 0.3) is 0 Å². The van der Waals surface area contributed by atoms with Crippen molar-refractivity contribution in [1.82, 2.24) is 25.2 Å². The quantitative estimate of drug-likeness (QED) is 0.455. The van der Waals surface area contributed by atoms with E-state index in [1.165, 1.54) is 32.9 Å². The number of hydrogen-bond donors (Lipinski definition) is 2. The number of carbonyl (C=O) groups is 3. The highest BCUT2D eigenvalue weighted by molar-refractivity contribution is 8.00. The lowest BCUT2D eigenvalue weighted by atomic mass is 9.83. The number of carboxylic acid groups (broad SMARTS) is 1. The molecule has 3 unspecified atom stereocenters. The maximum Gasteiger partial charge on any atom is 0.331 e. The first-order chi connectivity index (χ1) is 14.7. The lowest BCUT2D eigenvalue weighted by Crippen LogP contribution is -2.75. The Morgan fingerprint density at radius 1 is 1.42 bits per heavy atom. The zero-order valence-electron chi connectivity index (χ0n) is 16.9. The summed E-state index contributed by atoms with van der Waals surface area (Å²) in [5, 5.41) is 21.9. The molecule has 0 bridgehead atoms. The number of carbonyl (C=O) groups excluding carboxylic acids is 2. The van der Waals surface area contributed by atoms with Crippen LogP contribution in [0.25, 0.3) is 0 Å². The van der Waals surface area contributed by atoms with Gasteiger partial charge in [0.15, 0.2) is 5.82 Å². The van der Waals surface area contributed by atoms with Crippen molar-refractivity contribution in [1.29, 1.82) is 0 Å². The van der Waals surface area contributed by atoms with E-state index >= 15 is 0 Å². The number of nitrogens with zero attached hydrogens (tertiary/aromatic N) is 6. The number of hydrogen-bond acceptors (Lipinski definition) is 11. The molecule has 0 spiro atoms. The summed E-state index contributed by atoms with van der Waals surface area (Å²) in [6.45, 7) is 5.04. The van der Waals surface area contributed by atoms with Crippen molar-refractivity contribution >= 4 is 59.5 Å². The van der Waals surface area contributed by atoms with Crippen LogP contribution in [0.1, 0.15) is 34.4 Å². The Bertz CT molecular complexity index is 1040. The van der Waals surface area contributed by atoms with Crippen LogP contribution in [-0.4, -0.2) is 71.8 Å². The van der Waals surface area contributed by atoms with Gasteiger partial charge in [0.1, 0.15) is 26.8 Å². The highest BCUT2D eigenvalue weighted by atomic mass is 32.2. The van der Waals surface area contributed by atoms with Crippen LogP contribution in [0.2, 0.25) is 0 Å². The molecule has 0 aromatic carbocycles. The minimum atomic E-state index is -1.34. The molecule has 11 nitrogen and oxygen atoms in total. The van der Waals surface area contributed by atoms with E-state index in [9.17, 15) is 19.5 Å². The van der Waals surface area contributed by atoms with E-state index in [-0.39, 0.29) is 36.5 Å². The van der Waals surface area contributed by atoms with Gasteiger partial charge in [-0.2, -0.15) is 17.6 Å². The number of aryl methyl sites for hydroxylation is 2. The molecule has 4 rings (SSSR count). The van der Waals surface area contributed by atoms with Gasteiger partial charge < -0.3 is 14.5 Å². The minimum Gasteiger partial charge on any atom is -0.481 e. The number of aromatic nitrogens is 4. The third-order valence-corrected chi connectivity index (χ3v) is 8.73. The van der Waals surface area contributed by atoms with Crippen molar-refractivity contribution in [2.45, 2.75) is 43.9 Å². The molecule has 0 aliphatic carbocycles. The van der Waals surface area contributed by atoms with E-state index < -0.39 is 28.0 Å². The van der Waals surface area contributed by atoms with E-state index in [0.717, 1.165) is 0 Å². The Morgan fingerprint density at radius 3 is 2.71 bits per heavy atom. The molecule has 0 saturated carbocycles. The van der Waals surface area contributed by atoms with E-state index in [1.807, 2.05) is 0 Å². The van der Waals surface area contributed by atoms with Crippen LogP contribution in [0, 0.1) is 19.3 Å². The number of thiol groups is 1. The van der Waals surface area contributed by atoms with Gasteiger partial charge in [-0.05, 0) is 13.8 Å². The van der Waals surface area contributed by atoms with Crippen LogP contribution in [0.5, 0.6) is 0 Å². The summed E-state index contributed by atoms with van der Waals surface area (Å²) < 4.78 is 5.16. The molecule has 2 amide bonds. The van der Waals surface area contributed by atoms with Gasteiger partial charge in [0, 0.05) is 18.7 Å². The van der Waals surface area contributed by atoms with Gasteiger partial charge in [0.2, 0.25) is 11.8 Å². The van der Waals surface area contributed by atoms with Gasteiger partial charge in [-0.15, -0.1) is 33.3 Å². The van der Waals surface area contributed by atoms with E-state index in [2.05, 4.69) is 33.0 Å². The average Bonchev–Trinajstić information content (AvgIpc) is 3.38. The molecule has 2 aromatic heterocycles. The van der Waals surface area contributed by atoms with Crippen molar-refractivity contribution in [3.8, 4) is 0 Å². The first-order valence-electron chi connectivity index (χ1n) is 9.45. The number of aliphatic carboxylic acids is 1. The fraction of sp³-hybridized carbons (Fsp3) is 0.588. The summed E-state index contributed by atoms with van der Waals surface area (Å²) >= 11 is 7.15. The van der Waals surface area contributed by atoms with Crippen LogP contribution in [-0.2, 0) is 14.4 Å². The molecule has 2 aliphatic rings. The molecule has 4 heterocycles. The van der Waals surface area contributed by atoms with Gasteiger partial charge in [-0.3, -0.25) is 14.4 Å². The number of rotatable bonds is 6. The summed E-state index contributed by atoms with van der Waals surface area (Å²) in [4.78, 5) is 44.9. The van der Waals surface area contributed by atoms with Crippen LogP contribution in [0.15, 0.2) is 4.52 Å². The first kappa shape index (κ1) is 22.0. The fourth-order valence-electron chi connectivity index (χ4n) is 3.68. The molecule has 1 N–H and O–H groups in total. The number of carboxylic acids is 1. The summed E-state index contributed by atoms with van der Waals surface area (Å²) in [6, 6.07) is -0.860. The van der Waals surface area contributed by atoms with Crippen molar-refractivity contribution in [2.75, 3.05) is 17.2 Å². The van der Waals surface area contributed by atoms with Gasteiger partial charge in [-0.25, -0.2) is 4.90 Å². The number of β-lactam (4-membered cyclic amide) rings is 1. The predicted molar refractivity (Wildman–Crippen MR) is 115 cm³/mol. The second kappa shape index (κ2) is 8.06. The van der Waals surface area contributed by atoms with Crippen LogP contribution < -0.4 is 4.90 Å². The molecule has 2 saturated heterocycles. The summed E-state index contributed by atoms with van der Waals surface area (Å²) in [6.07, 6.45) is 0.150. The summed E-state index contributed by atoms with van der Waals surface area (Å²) in [5.41, 5.74) is -1.34. The van der Waals surface area contributed by atoms with Gasteiger partial charge in [-0.1, -0.05) is 12.1 Å². The maximum absolute atomic E-state index is 13.1. The van der Waals surface area contributed by atoms with Gasteiger partial charge in [0.05, 0.1) is 5.25 Å².